The van der Waals surface area contributed by atoms with Crippen LogP contribution in [-0.4, -0.2) is 62.0 Å². The molecule has 1 N–H and O–H groups in total. The van der Waals surface area contributed by atoms with E-state index in [1.807, 2.05) is 38.0 Å². The summed E-state index contributed by atoms with van der Waals surface area (Å²) in [7, 11) is 7.89. The number of rotatable bonds is 7. The molecule has 6 heteroatoms. The van der Waals surface area contributed by atoms with Crippen molar-refractivity contribution in [3.8, 4) is 5.75 Å². The number of ketones is 1. The number of nitrogens with zero attached hydrogens (tertiary/aromatic N) is 2. The van der Waals surface area contributed by atoms with Crippen LogP contribution >= 0.6 is 24.8 Å². The predicted molar refractivity (Wildman–Crippen MR) is 97.2 cm³/mol. The Labute approximate surface area is 145 Å². The van der Waals surface area contributed by atoms with Crippen molar-refractivity contribution in [2.24, 2.45) is 5.92 Å². The quantitative estimate of drug-likeness (QED) is 0.769. The Hall–Kier alpha value is -1.07. The second kappa shape index (κ2) is 11.5. The van der Waals surface area contributed by atoms with Gasteiger partial charge in [-0.1, -0.05) is 18.2 Å². The summed E-state index contributed by atoms with van der Waals surface area (Å²) < 4.78 is 0. The number of phenolic OH excluding ortho intramolecular Hbond substituents is 1. The average Bonchev–Trinajstić information content (AvgIpc) is 2.36. The molecule has 0 saturated heterocycles. The zero-order valence-corrected chi connectivity index (χ0v) is 15.2. The van der Waals surface area contributed by atoms with Crippen molar-refractivity contribution in [2.45, 2.75) is 0 Å². The number of carbonyl (C=O) groups is 1. The van der Waals surface area contributed by atoms with Gasteiger partial charge in [-0.2, -0.15) is 0 Å². The minimum Gasteiger partial charge on any atom is -0.508 e. The number of allylic oxidation sites excluding steroid dienone is 1. The van der Waals surface area contributed by atoms with Gasteiger partial charge in [0.05, 0.1) is 0 Å². The van der Waals surface area contributed by atoms with Gasteiger partial charge >= 0.3 is 0 Å². The van der Waals surface area contributed by atoms with Gasteiger partial charge in [-0.3, -0.25) is 4.79 Å². The third-order valence-electron chi connectivity index (χ3n) is 2.91. The highest BCUT2D eigenvalue weighted by atomic mass is 35.5. The normalized spacial score (nSPS) is 10.9. The van der Waals surface area contributed by atoms with Crippen LogP contribution in [0.4, 0.5) is 0 Å². The number of phenols is 1. The van der Waals surface area contributed by atoms with E-state index in [0.29, 0.717) is 0 Å². The smallest absolute Gasteiger partial charge is 0.161 e. The zero-order valence-electron chi connectivity index (χ0n) is 13.5. The lowest BCUT2D eigenvalue weighted by Crippen LogP contribution is -2.34. The van der Waals surface area contributed by atoms with Gasteiger partial charge in [0.25, 0.3) is 0 Å². The maximum absolute atomic E-state index is 12.3. The number of hydrogen-bond acceptors (Lipinski definition) is 4. The molecule has 0 aromatic heterocycles. The van der Waals surface area contributed by atoms with Crippen molar-refractivity contribution in [1.82, 2.24) is 9.80 Å². The Morgan fingerprint density at radius 2 is 1.50 bits per heavy atom. The van der Waals surface area contributed by atoms with E-state index in [-0.39, 0.29) is 42.3 Å². The lowest BCUT2D eigenvalue weighted by molar-refractivity contribution is -0.119. The lowest BCUT2D eigenvalue weighted by Gasteiger charge is -2.22. The molecular formula is C16H26Cl2N2O2. The molecule has 0 atom stereocenters. The molecule has 0 aliphatic heterocycles. The number of halogens is 2. The van der Waals surface area contributed by atoms with Crippen LogP contribution in [0.3, 0.4) is 0 Å². The Kier molecular flexibility index (Phi) is 12.1. The van der Waals surface area contributed by atoms with E-state index < -0.39 is 0 Å². The lowest BCUT2D eigenvalue weighted by atomic mass is 10.0. The predicted octanol–water partition coefficient (Wildman–Crippen LogP) is 2.56. The van der Waals surface area contributed by atoms with Crippen LogP contribution in [0, 0.1) is 5.92 Å². The van der Waals surface area contributed by atoms with Gasteiger partial charge < -0.3 is 14.9 Å². The van der Waals surface area contributed by atoms with E-state index >= 15 is 0 Å². The van der Waals surface area contributed by atoms with Gasteiger partial charge in [-0.25, -0.2) is 0 Å². The van der Waals surface area contributed by atoms with Crippen LogP contribution in [0.5, 0.6) is 5.75 Å². The second-order valence-corrected chi connectivity index (χ2v) is 5.55. The van der Waals surface area contributed by atoms with Crippen molar-refractivity contribution in [2.75, 3.05) is 41.3 Å². The summed E-state index contributed by atoms with van der Waals surface area (Å²) in [4.78, 5) is 16.3. The molecule has 0 aliphatic rings. The summed E-state index contributed by atoms with van der Waals surface area (Å²) in [5, 5.41) is 9.22. The molecule has 1 rings (SSSR count). The second-order valence-electron chi connectivity index (χ2n) is 5.55. The molecule has 0 saturated carbocycles. The summed E-state index contributed by atoms with van der Waals surface area (Å²) in [5.41, 5.74) is 0.907. The fraction of sp³-hybridized carbons (Fsp3) is 0.438. The molecular weight excluding hydrogens is 323 g/mol. The SMILES string of the molecule is CN(C)CC(CN(C)C)C(=O)/C=C/c1ccc(O)cc1.Cl.Cl. The van der Waals surface area contributed by atoms with Crippen molar-refractivity contribution in [1.29, 1.82) is 0 Å². The molecule has 1 aromatic rings. The Balaban J connectivity index is 0. The fourth-order valence-corrected chi connectivity index (χ4v) is 2.02. The van der Waals surface area contributed by atoms with Crippen molar-refractivity contribution in [3.63, 3.8) is 0 Å². The largest absolute Gasteiger partial charge is 0.508 e. The van der Waals surface area contributed by atoms with E-state index in [1.54, 1.807) is 36.4 Å². The first-order valence-electron chi connectivity index (χ1n) is 6.69. The molecule has 1 aromatic carbocycles. The molecule has 0 unspecified atom stereocenters. The number of benzene rings is 1. The van der Waals surface area contributed by atoms with Crippen LogP contribution in [0.15, 0.2) is 30.3 Å². The van der Waals surface area contributed by atoms with E-state index in [0.717, 1.165) is 18.7 Å². The van der Waals surface area contributed by atoms with Gasteiger partial charge in [0.2, 0.25) is 0 Å². The van der Waals surface area contributed by atoms with Gasteiger partial charge in [-0.15, -0.1) is 24.8 Å². The summed E-state index contributed by atoms with van der Waals surface area (Å²) in [6, 6.07) is 6.79. The average molecular weight is 349 g/mol. The maximum Gasteiger partial charge on any atom is 0.161 e. The van der Waals surface area contributed by atoms with Crippen LogP contribution < -0.4 is 0 Å². The first kappa shape index (κ1) is 23.2. The topological polar surface area (TPSA) is 43.8 Å². The van der Waals surface area contributed by atoms with E-state index in [4.69, 9.17) is 0 Å². The third kappa shape index (κ3) is 9.05. The summed E-state index contributed by atoms with van der Waals surface area (Å²) in [6.45, 7) is 1.47. The van der Waals surface area contributed by atoms with Gasteiger partial charge in [0.15, 0.2) is 5.78 Å². The standard InChI is InChI=1S/C16H24N2O2.2ClH/c1-17(2)11-14(12-18(3)4)16(20)10-7-13-5-8-15(19)9-6-13;;/h5-10,14,19H,11-12H2,1-4H3;2*1H/b10-7+;;. The highest BCUT2D eigenvalue weighted by Gasteiger charge is 2.17. The number of carbonyl (C=O) groups excluding carboxylic acids is 1. The molecule has 0 bridgehead atoms. The molecule has 4 nitrogen and oxygen atoms in total. The van der Waals surface area contributed by atoms with E-state index in [1.165, 1.54) is 0 Å². The van der Waals surface area contributed by atoms with Gasteiger partial charge in [-0.05, 0) is 52.0 Å². The molecule has 0 fully saturated rings. The van der Waals surface area contributed by atoms with Crippen LogP contribution in [0.25, 0.3) is 6.08 Å². The summed E-state index contributed by atoms with van der Waals surface area (Å²) >= 11 is 0. The summed E-state index contributed by atoms with van der Waals surface area (Å²) in [5.74, 6) is 0.320. The molecule has 126 valence electrons. The van der Waals surface area contributed by atoms with Crippen molar-refractivity contribution >= 4 is 36.7 Å². The van der Waals surface area contributed by atoms with E-state index in [9.17, 15) is 9.90 Å². The molecule has 0 heterocycles. The maximum atomic E-state index is 12.3. The molecule has 0 radical (unpaired) electrons. The Morgan fingerprint density at radius 1 is 1.05 bits per heavy atom. The molecule has 22 heavy (non-hydrogen) atoms. The minimum absolute atomic E-state index is 0. The molecule has 0 spiro atoms. The highest BCUT2D eigenvalue weighted by molar-refractivity contribution is 5.95. The Morgan fingerprint density at radius 3 is 1.91 bits per heavy atom. The Bertz CT molecular complexity index is 450. The fourth-order valence-electron chi connectivity index (χ4n) is 2.02. The highest BCUT2D eigenvalue weighted by Crippen LogP contribution is 2.12. The van der Waals surface area contributed by atoms with Gasteiger partial charge in [0.1, 0.15) is 5.75 Å². The third-order valence-corrected chi connectivity index (χ3v) is 2.91. The van der Waals surface area contributed by atoms with Crippen LogP contribution in [0.1, 0.15) is 5.56 Å². The molecule has 0 aliphatic carbocycles. The number of hydrogen-bond donors (Lipinski definition) is 1. The zero-order chi connectivity index (χ0) is 15.1. The first-order valence-corrected chi connectivity index (χ1v) is 6.69. The monoisotopic (exact) mass is 348 g/mol. The van der Waals surface area contributed by atoms with E-state index in [2.05, 4.69) is 0 Å². The minimum atomic E-state index is -0.0339. The summed E-state index contributed by atoms with van der Waals surface area (Å²) in [6.07, 6.45) is 3.42. The van der Waals surface area contributed by atoms with Crippen LogP contribution in [-0.2, 0) is 4.79 Å². The molecule has 0 amide bonds. The van der Waals surface area contributed by atoms with Crippen molar-refractivity contribution in [3.05, 3.63) is 35.9 Å². The first-order chi connectivity index (χ1) is 9.38. The van der Waals surface area contributed by atoms with Crippen LogP contribution in [0.2, 0.25) is 0 Å². The van der Waals surface area contributed by atoms with Crippen molar-refractivity contribution < 1.29 is 9.90 Å². The van der Waals surface area contributed by atoms with Gasteiger partial charge in [0, 0.05) is 19.0 Å². The number of aromatic hydroxyl groups is 1.